The Morgan fingerprint density at radius 3 is 2.96 bits per heavy atom. The van der Waals surface area contributed by atoms with E-state index in [1.54, 1.807) is 24.4 Å². The summed E-state index contributed by atoms with van der Waals surface area (Å²) in [5, 5.41) is 6.76. The molecule has 3 rings (SSSR count). The second-order valence-electron chi connectivity index (χ2n) is 6.01. The van der Waals surface area contributed by atoms with Crippen LogP contribution >= 0.6 is 0 Å². The molecule has 1 aliphatic rings. The van der Waals surface area contributed by atoms with Crippen molar-refractivity contribution in [1.29, 1.82) is 0 Å². The maximum absolute atomic E-state index is 12.3. The first-order valence-electron chi connectivity index (χ1n) is 7.92. The highest BCUT2D eigenvalue weighted by atomic mass is 16.5. The molecule has 0 saturated heterocycles. The number of hydrogen-bond donors (Lipinski definition) is 1. The molecule has 0 bridgehead atoms. The van der Waals surface area contributed by atoms with E-state index in [1.165, 1.54) is 11.0 Å². The van der Waals surface area contributed by atoms with Crippen molar-refractivity contribution in [3.63, 3.8) is 0 Å². The molecular formula is C16H20N4O3. The molecule has 122 valence electrons. The van der Waals surface area contributed by atoms with Gasteiger partial charge >= 0.3 is 5.76 Å². The summed E-state index contributed by atoms with van der Waals surface area (Å²) in [5.74, 6) is -0.131. The molecule has 1 amide bonds. The molecule has 0 radical (unpaired) electrons. The Morgan fingerprint density at radius 2 is 2.22 bits per heavy atom. The molecule has 2 heterocycles. The van der Waals surface area contributed by atoms with Crippen LogP contribution in [0.1, 0.15) is 32.6 Å². The first-order valence-corrected chi connectivity index (χ1v) is 7.92. The number of carbonyl (C=O) groups excluding carboxylic acids is 1. The monoisotopic (exact) mass is 316 g/mol. The van der Waals surface area contributed by atoms with Crippen LogP contribution in [0.5, 0.6) is 0 Å². The summed E-state index contributed by atoms with van der Waals surface area (Å²) in [6.45, 7) is 2.03. The van der Waals surface area contributed by atoms with Gasteiger partial charge in [-0.2, -0.15) is 0 Å². The number of nitrogens with one attached hydrogen (secondary N) is 1. The maximum atomic E-state index is 12.3. The zero-order valence-corrected chi connectivity index (χ0v) is 13.1. The van der Waals surface area contributed by atoms with Gasteiger partial charge in [0.2, 0.25) is 11.7 Å². The van der Waals surface area contributed by atoms with Crippen molar-refractivity contribution >= 4 is 5.91 Å². The van der Waals surface area contributed by atoms with Crippen LogP contribution in [0.3, 0.4) is 0 Å². The molecule has 7 nitrogen and oxygen atoms in total. The number of aromatic nitrogens is 3. The fourth-order valence-electron chi connectivity index (χ4n) is 3.01. The van der Waals surface area contributed by atoms with E-state index in [0.717, 1.165) is 19.3 Å². The average Bonchev–Trinajstić information content (AvgIpc) is 2.91. The van der Waals surface area contributed by atoms with Crippen molar-refractivity contribution in [1.82, 2.24) is 20.0 Å². The quantitative estimate of drug-likeness (QED) is 0.925. The van der Waals surface area contributed by atoms with Gasteiger partial charge in [0.15, 0.2) is 0 Å². The van der Waals surface area contributed by atoms with Crippen molar-refractivity contribution in [3.05, 3.63) is 34.9 Å². The third kappa shape index (κ3) is 3.49. The van der Waals surface area contributed by atoms with Gasteiger partial charge in [0.05, 0.1) is 0 Å². The van der Waals surface area contributed by atoms with Gasteiger partial charge in [0.25, 0.3) is 0 Å². The largest absolute Gasteiger partial charge is 0.442 e. The molecule has 0 unspecified atom stereocenters. The Kier molecular flexibility index (Phi) is 4.55. The summed E-state index contributed by atoms with van der Waals surface area (Å²) in [5.41, 5.74) is 0.497. The zero-order valence-electron chi connectivity index (χ0n) is 13.1. The number of pyridine rings is 1. The van der Waals surface area contributed by atoms with Gasteiger partial charge in [-0.05, 0) is 30.9 Å². The highest BCUT2D eigenvalue weighted by Gasteiger charge is 2.24. The average molecular weight is 316 g/mol. The molecule has 7 heteroatoms. The molecule has 1 fully saturated rings. The van der Waals surface area contributed by atoms with E-state index < -0.39 is 5.76 Å². The van der Waals surface area contributed by atoms with Gasteiger partial charge in [-0.25, -0.2) is 9.36 Å². The third-order valence-electron chi connectivity index (χ3n) is 4.34. The van der Waals surface area contributed by atoms with Crippen molar-refractivity contribution in [3.8, 4) is 11.5 Å². The Labute approximate surface area is 133 Å². The Bertz CT molecular complexity index is 722. The summed E-state index contributed by atoms with van der Waals surface area (Å²) in [4.78, 5) is 28.3. The van der Waals surface area contributed by atoms with Crippen LogP contribution in [-0.4, -0.2) is 26.7 Å². The fraction of sp³-hybridized carbons (Fsp3) is 0.500. The SMILES string of the molecule is C[C@@H]1CCCC[C@H]1NC(=O)Cn1c(-c2ccccn2)noc1=O. The normalized spacial score (nSPS) is 21.1. The van der Waals surface area contributed by atoms with Crippen LogP contribution in [0.25, 0.3) is 11.5 Å². The van der Waals surface area contributed by atoms with E-state index in [-0.39, 0.29) is 24.3 Å². The Hall–Kier alpha value is -2.44. The summed E-state index contributed by atoms with van der Waals surface area (Å²) in [6, 6.07) is 5.44. The molecule has 1 aliphatic carbocycles. The number of amides is 1. The molecule has 1 saturated carbocycles. The highest BCUT2D eigenvalue weighted by molar-refractivity contribution is 5.76. The van der Waals surface area contributed by atoms with E-state index in [4.69, 9.17) is 4.52 Å². The highest BCUT2D eigenvalue weighted by Crippen LogP contribution is 2.23. The summed E-state index contributed by atoms with van der Waals surface area (Å²) in [7, 11) is 0. The van der Waals surface area contributed by atoms with Crippen LogP contribution < -0.4 is 11.1 Å². The lowest BCUT2D eigenvalue weighted by Crippen LogP contribution is -2.43. The van der Waals surface area contributed by atoms with Gasteiger partial charge in [-0.3, -0.25) is 14.3 Å². The predicted octanol–water partition coefficient (Wildman–Crippen LogP) is 1.59. The number of rotatable bonds is 4. The molecule has 2 aromatic rings. The predicted molar refractivity (Wildman–Crippen MR) is 83.6 cm³/mol. The number of nitrogens with zero attached hydrogens (tertiary/aromatic N) is 3. The topological polar surface area (TPSA) is 90.0 Å². The lowest BCUT2D eigenvalue weighted by molar-refractivity contribution is -0.123. The number of carbonyl (C=O) groups is 1. The van der Waals surface area contributed by atoms with Crippen LogP contribution in [0.4, 0.5) is 0 Å². The minimum atomic E-state index is -0.655. The molecular weight excluding hydrogens is 296 g/mol. The van der Waals surface area contributed by atoms with Crippen molar-refractivity contribution in [2.45, 2.75) is 45.2 Å². The van der Waals surface area contributed by atoms with Crippen molar-refractivity contribution in [2.75, 3.05) is 0 Å². The van der Waals surface area contributed by atoms with E-state index in [1.807, 2.05) is 0 Å². The maximum Gasteiger partial charge on any atom is 0.442 e. The lowest BCUT2D eigenvalue weighted by Gasteiger charge is -2.29. The van der Waals surface area contributed by atoms with Crippen molar-refractivity contribution < 1.29 is 9.32 Å². The third-order valence-corrected chi connectivity index (χ3v) is 4.34. The minimum absolute atomic E-state index is 0.114. The molecule has 0 spiro atoms. The van der Waals surface area contributed by atoms with Gasteiger partial charge < -0.3 is 5.32 Å². The van der Waals surface area contributed by atoms with Gasteiger partial charge in [0.1, 0.15) is 12.2 Å². The van der Waals surface area contributed by atoms with E-state index >= 15 is 0 Å². The Morgan fingerprint density at radius 1 is 1.39 bits per heavy atom. The van der Waals surface area contributed by atoms with E-state index in [2.05, 4.69) is 22.4 Å². The first kappa shape index (κ1) is 15.5. The van der Waals surface area contributed by atoms with Gasteiger partial charge in [-0.1, -0.05) is 31.0 Å². The van der Waals surface area contributed by atoms with Crippen LogP contribution in [0, 0.1) is 5.92 Å². The lowest BCUT2D eigenvalue weighted by atomic mass is 9.86. The molecule has 23 heavy (non-hydrogen) atoms. The summed E-state index contributed by atoms with van der Waals surface area (Å²) in [6.07, 6.45) is 6.04. The molecule has 1 N–H and O–H groups in total. The minimum Gasteiger partial charge on any atom is -0.352 e. The van der Waals surface area contributed by atoms with Crippen LogP contribution in [0.15, 0.2) is 33.7 Å². The van der Waals surface area contributed by atoms with Crippen LogP contribution in [0.2, 0.25) is 0 Å². The smallest absolute Gasteiger partial charge is 0.352 e. The summed E-state index contributed by atoms with van der Waals surface area (Å²) >= 11 is 0. The molecule has 0 aliphatic heterocycles. The standard InChI is InChI=1S/C16H20N4O3/c1-11-6-2-3-7-12(11)18-14(21)10-20-15(19-23-16(20)22)13-8-4-5-9-17-13/h4-5,8-9,11-12H,2-3,6-7,10H2,1H3,(H,18,21)/t11-,12-/m1/s1. The van der Waals surface area contributed by atoms with Crippen molar-refractivity contribution in [2.24, 2.45) is 5.92 Å². The van der Waals surface area contributed by atoms with Gasteiger partial charge in [-0.15, -0.1) is 0 Å². The van der Waals surface area contributed by atoms with E-state index in [9.17, 15) is 9.59 Å². The molecule has 2 aromatic heterocycles. The first-order chi connectivity index (χ1) is 11.1. The second-order valence-corrected chi connectivity index (χ2v) is 6.01. The molecule has 0 aromatic carbocycles. The molecule has 2 atom stereocenters. The fourth-order valence-corrected chi connectivity index (χ4v) is 3.01. The van der Waals surface area contributed by atoms with E-state index in [0.29, 0.717) is 11.6 Å². The van der Waals surface area contributed by atoms with Gasteiger partial charge in [0, 0.05) is 12.2 Å². The Balaban J connectivity index is 1.74. The summed E-state index contributed by atoms with van der Waals surface area (Å²) < 4.78 is 5.91. The number of hydrogen-bond acceptors (Lipinski definition) is 5. The zero-order chi connectivity index (χ0) is 16.2. The second kappa shape index (κ2) is 6.76. The van der Waals surface area contributed by atoms with Crippen LogP contribution in [-0.2, 0) is 11.3 Å².